The summed E-state index contributed by atoms with van der Waals surface area (Å²) in [6.07, 6.45) is 0. The lowest BCUT2D eigenvalue weighted by atomic mass is 10.2. The number of hydrogen-bond donors (Lipinski definition) is 0. The van der Waals surface area contributed by atoms with Crippen molar-refractivity contribution < 1.29 is 19.0 Å². The molecule has 0 saturated carbocycles. The van der Waals surface area contributed by atoms with Crippen molar-refractivity contribution in [1.29, 1.82) is 0 Å². The molecule has 0 bridgehead atoms. The molecule has 0 radical (unpaired) electrons. The van der Waals surface area contributed by atoms with Crippen LogP contribution in [-0.4, -0.2) is 12.8 Å². The number of ether oxygens (including phenoxy) is 3. The van der Waals surface area contributed by atoms with Crippen molar-refractivity contribution in [3.63, 3.8) is 0 Å². The van der Waals surface area contributed by atoms with Crippen LogP contribution in [0.1, 0.15) is 15.9 Å². The minimum atomic E-state index is -0.390. The fraction of sp³-hybridized carbons (Fsp3) is 0.133. The number of benzene rings is 2. The second-order valence-corrected chi connectivity index (χ2v) is 5.09. The zero-order chi connectivity index (χ0) is 13.9. The van der Waals surface area contributed by atoms with Crippen molar-refractivity contribution in [1.82, 2.24) is 0 Å². The summed E-state index contributed by atoms with van der Waals surface area (Å²) in [6, 6.07) is 12.6. The van der Waals surface area contributed by atoms with E-state index >= 15 is 0 Å². The van der Waals surface area contributed by atoms with Crippen LogP contribution >= 0.6 is 15.9 Å². The van der Waals surface area contributed by atoms with Crippen molar-refractivity contribution in [2.75, 3.05) is 6.79 Å². The van der Waals surface area contributed by atoms with Crippen molar-refractivity contribution in [3.05, 3.63) is 58.1 Å². The Labute approximate surface area is 124 Å². The van der Waals surface area contributed by atoms with E-state index in [2.05, 4.69) is 15.9 Å². The van der Waals surface area contributed by atoms with Crippen LogP contribution in [0.25, 0.3) is 0 Å². The Balaban J connectivity index is 1.69. The van der Waals surface area contributed by atoms with Crippen LogP contribution in [0.3, 0.4) is 0 Å². The van der Waals surface area contributed by atoms with Crippen LogP contribution in [0.5, 0.6) is 11.5 Å². The van der Waals surface area contributed by atoms with E-state index in [0.717, 1.165) is 10.0 Å². The largest absolute Gasteiger partial charge is 0.457 e. The van der Waals surface area contributed by atoms with E-state index in [1.807, 2.05) is 24.3 Å². The maximum atomic E-state index is 12.0. The summed E-state index contributed by atoms with van der Waals surface area (Å²) in [7, 11) is 0. The molecule has 1 aliphatic rings. The molecule has 102 valence electrons. The minimum absolute atomic E-state index is 0.185. The molecule has 20 heavy (non-hydrogen) atoms. The highest BCUT2D eigenvalue weighted by atomic mass is 79.9. The Bertz CT molecular complexity index is 654. The normalized spacial score (nSPS) is 12.2. The van der Waals surface area contributed by atoms with Crippen molar-refractivity contribution in [2.24, 2.45) is 0 Å². The van der Waals surface area contributed by atoms with Gasteiger partial charge in [0.1, 0.15) is 6.61 Å². The summed E-state index contributed by atoms with van der Waals surface area (Å²) >= 11 is 3.42. The molecule has 5 heteroatoms. The number of hydrogen-bond acceptors (Lipinski definition) is 4. The fourth-order valence-corrected chi connectivity index (χ4v) is 2.26. The zero-order valence-corrected chi connectivity index (χ0v) is 12.1. The summed E-state index contributed by atoms with van der Waals surface area (Å²) in [5.41, 5.74) is 1.36. The maximum absolute atomic E-state index is 12.0. The summed E-state index contributed by atoms with van der Waals surface area (Å²) < 4.78 is 16.6. The summed E-state index contributed by atoms with van der Waals surface area (Å²) in [5, 5.41) is 0. The molecule has 0 aromatic heterocycles. The van der Waals surface area contributed by atoms with Gasteiger partial charge < -0.3 is 14.2 Å². The van der Waals surface area contributed by atoms with Gasteiger partial charge in [0.2, 0.25) is 6.79 Å². The molecule has 1 heterocycles. The van der Waals surface area contributed by atoms with E-state index in [4.69, 9.17) is 14.2 Å². The lowest BCUT2D eigenvalue weighted by Crippen LogP contribution is -2.05. The predicted molar refractivity (Wildman–Crippen MR) is 75.8 cm³/mol. The first kappa shape index (κ1) is 13.0. The second kappa shape index (κ2) is 5.54. The van der Waals surface area contributed by atoms with Crippen LogP contribution < -0.4 is 9.47 Å². The molecule has 0 spiro atoms. The third-order valence-electron chi connectivity index (χ3n) is 2.92. The lowest BCUT2D eigenvalue weighted by molar-refractivity contribution is 0.0471. The molecule has 0 saturated heterocycles. The van der Waals surface area contributed by atoms with Crippen LogP contribution in [0.2, 0.25) is 0 Å². The van der Waals surface area contributed by atoms with E-state index < -0.39 is 0 Å². The van der Waals surface area contributed by atoms with Crippen molar-refractivity contribution in [3.8, 4) is 11.5 Å². The molecule has 2 aromatic carbocycles. The molecule has 0 fully saturated rings. The summed E-state index contributed by atoms with van der Waals surface area (Å²) in [4.78, 5) is 12.0. The minimum Gasteiger partial charge on any atom is -0.457 e. The van der Waals surface area contributed by atoms with E-state index in [-0.39, 0.29) is 19.4 Å². The average Bonchev–Trinajstić information content (AvgIpc) is 2.93. The topological polar surface area (TPSA) is 44.8 Å². The smallest absolute Gasteiger partial charge is 0.338 e. The molecule has 0 unspecified atom stereocenters. The van der Waals surface area contributed by atoms with Gasteiger partial charge in [-0.1, -0.05) is 34.1 Å². The summed E-state index contributed by atoms with van der Waals surface area (Å²) in [5.74, 6) is 0.826. The molecule has 2 aromatic rings. The van der Waals surface area contributed by atoms with Crippen LogP contribution in [0.15, 0.2) is 46.9 Å². The Morgan fingerprint density at radius 2 is 1.95 bits per heavy atom. The van der Waals surface area contributed by atoms with Gasteiger partial charge in [-0.05, 0) is 24.3 Å². The molecular weight excluding hydrogens is 324 g/mol. The Morgan fingerprint density at radius 1 is 1.15 bits per heavy atom. The Morgan fingerprint density at radius 3 is 2.80 bits per heavy atom. The zero-order valence-electron chi connectivity index (χ0n) is 10.5. The highest BCUT2D eigenvalue weighted by Crippen LogP contribution is 2.32. The highest BCUT2D eigenvalue weighted by molar-refractivity contribution is 9.10. The number of rotatable bonds is 3. The fourth-order valence-electron chi connectivity index (χ4n) is 1.87. The molecular formula is C15H11BrO4. The SMILES string of the molecule is O=C(OCc1ccccc1Br)c1ccc2c(c1)OCO2. The molecule has 0 atom stereocenters. The quantitative estimate of drug-likeness (QED) is 0.805. The van der Waals surface area contributed by atoms with Gasteiger partial charge in [0.25, 0.3) is 0 Å². The molecule has 4 nitrogen and oxygen atoms in total. The molecule has 0 aliphatic carbocycles. The molecule has 0 amide bonds. The third kappa shape index (κ3) is 2.63. The summed E-state index contributed by atoms with van der Waals surface area (Å²) in [6.45, 7) is 0.402. The van der Waals surface area contributed by atoms with Gasteiger partial charge in [-0.2, -0.15) is 0 Å². The lowest BCUT2D eigenvalue weighted by Gasteiger charge is -2.07. The maximum Gasteiger partial charge on any atom is 0.338 e. The van der Waals surface area contributed by atoms with E-state index in [0.29, 0.717) is 17.1 Å². The van der Waals surface area contributed by atoms with Gasteiger partial charge in [0, 0.05) is 10.0 Å². The third-order valence-corrected chi connectivity index (χ3v) is 3.70. The Kier molecular flexibility index (Phi) is 3.60. The average molecular weight is 335 g/mol. The number of carbonyl (C=O) groups is 1. The monoisotopic (exact) mass is 334 g/mol. The van der Waals surface area contributed by atoms with E-state index in [1.165, 1.54) is 0 Å². The van der Waals surface area contributed by atoms with Gasteiger partial charge >= 0.3 is 5.97 Å². The first-order valence-electron chi connectivity index (χ1n) is 6.04. The first-order valence-corrected chi connectivity index (χ1v) is 6.83. The molecule has 0 N–H and O–H groups in total. The van der Waals surface area contributed by atoms with Gasteiger partial charge in [-0.15, -0.1) is 0 Å². The predicted octanol–water partition coefficient (Wildman–Crippen LogP) is 3.53. The van der Waals surface area contributed by atoms with Crippen LogP contribution in [-0.2, 0) is 11.3 Å². The van der Waals surface area contributed by atoms with Crippen molar-refractivity contribution in [2.45, 2.75) is 6.61 Å². The number of carbonyl (C=O) groups excluding carboxylic acids is 1. The van der Waals surface area contributed by atoms with Gasteiger partial charge in [0.15, 0.2) is 11.5 Å². The van der Waals surface area contributed by atoms with Crippen LogP contribution in [0, 0.1) is 0 Å². The van der Waals surface area contributed by atoms with Crippen molar-refractivity contribution >= 4 is 21.9 Å². The van der Waals surface area contributed by atoms with Gasteiger partial charge in [0.05, 0.1) is 5.56 Å². The molecule has 1 aliphatic heterocycles. The molecule has 3 rings (SSSR count). The second-order valence-electron chi connectivity index (χ2n) is 4.24. The van der Waals surface area contributed by atoms with E-state index in [9.17, 15) is 4.79 Å². The Hall–Kier alpha value is -2.01. The highest BCUT2D eigenvalue weighted by Gasteiger charge is 2.17. The standard InChI is InChI=1S/C15H11BrO4/c16-12-4-2-1-3-11(12)8-18-15(17)10-5-6-13-14(7-10)20-9-19-13/h1-7H,8-9H2. The van der Waals surface area contributed by atoms with E-state index in [1.54, 1.807) is 18.2 Å². The van der Waals surface area contributed by atoms with Gasteiger partial charge in [-0.3, -0.25) is 0 Å². The van der Waals surface area contributed by atoms with Crippen LogP contribution in [0.4, 0.5) is 0 Å². The first-order chi connectivity index (χ1) is 9.74. The van der Waals surface area contributed by atoms with Gasteiger partial charge in [-0.25, -0.2) is 4.79 Å². The number of halogens is 1. The number of fused-ring (bicyclic) bond motifs is 1. The number of esters is 1.